The van der Waals surface area contributed by atoms with E-state index in [0.717, 1.165) is 45.1 Å². The average Bonchev–Trinajstić information content (AvgIpc) is 3.28. The van der Waals surface area contributed by atoms with Crippen molar-refractivity contribution in [2.24, 2.45) is 11.8 Å². The molecule has 1 aromatic heterocycles. The molecule has 2 bridgehead atoms. The maximum Gasteiger partial charge on any atom is 0.202 e. The van der Waals surface area contributed by atoms with Gasteiger partial charge in [-0.05, 0) is 83.7 Å². The Labute approximate surface area is 147 Å². The van der Waals surface area contributed by atoms with Gasteiger partial charge in [-0.3, -0.25) is 4.57 Å². The zero-order valence-electron chi connectivity index (χ0n) is 11.8. The number of fused-ring (bicyclic) bond motifs is 1. The molecule has 22 heavy (non-hydrogen) atoms. The number of rotatable bonds is 1. The van der Waals surface area contributed by atoms with Crippen LogP contribution in [0.2, 0.25) is 5.02 Å². The zero-order valence-corrected chi connectivity index (χ0v) is 14.7. The van der Waals surface area contributed by atoms with Crippen LogP contribution < -0.4 is 0 Å². The second-order valence-corrected chi connectivity index (χ2v) is 8.33. The first-order valence-electron chi connectivity index (χ1n) is 7.69. The van der Waals surface area contributed by atoms with Crippen LogP contribution in [-0.2, 0) is 0 Å². The zero-order chi connectivity index (χ0) is 15.2. The molecule has 4 atom stereocenters. The van der Waals surface area contributed by atoms with E-state index < -0.39 is 0 Å². The van der Waals surface area contributed by atoms with Gasteiger partial charge in [-0.2, -0.15) is 0 Å². The average molecular weight is 428 g/mol. The highest BCUT2D eigenvalue weighted by atomic mass is 127. The minimum absolute atomic E-state index is 0.213. The molecule has 4 aliphatic rings. The number of halogens is 2. The Morgan fingerprint density at radius 3 is 2.18 bits per heavy atom. The molecule has 2 aromatic rings. The van der Waals surface area contributed by atoms with E-state index >= 15 is 0 Å². The molecule has 114 valence electrons. The van der Waals surface area contributed by atoms with E-state index in [-0.39, 0.29) is 11.8 Å². The molecule has 2 saturated carbocycles. The van der Waals surface area contributed by atoms with Crippen LogP contribution in [0.15, 0.2) is 18.2 Å². The summed E-state index contributed by atoms with van der Waals surface area (Å²) in [7, 11) is 0. The highest BCUT2D eigenvalue weighted by molar-refractivity contribution is 14.1. The molecule has 0 aliphatic heterocycles. The molecule has 1 heterocycles. The van der Waals surface area contributed by atoms with Gasteiger partial charge < -0.3 is 10.2 Å². The Balaban J connectivity index is 1.74. The third-order valence-electron chi connectivity index (χ3n) is 5.81. The van der Waals surface area contributed by atoms with Crippen molar-refractivity contribution in [1.82, 2.24) is 4.57 Å². The Kier molecular flexibility index (Phi) is 2.68. The van der Waals surface area contributed by atoms with Crippen LogP contribution in [0, 0.1) is 15.4 Å². The van der Waals surface area contributed by atoms with Crippen LogP contribution in [0.5, 0.6) is 11.8 Å². The molecule has 2 N–H and O–H groups in total. The minimum Gasteiger partial charge on any atom is -0.494 e. The fraction of sp³-hybridized carbons (Fsp3) is 0.412. The Bertz CT molecular complexity index is 776. The van der Waals surface area contributed by atoms with Gasteiger partial charge in [0.05, 0.1) is 10.7 Å². The van der Waals surface area contributed by atoms with Crippen molar-refractivity contribution in [2.75, 3.05) is 0 Å². The predicted molar refractivity (Wildman–Crippen MR) is 93.1 cm³/mol. The number of benzene rings is 1. The first-order valence-corrected chi connectivity index (χ1v) is 9.15. The topological polar surface area (TPSA) is 45.4 Å². The maximum atomic E-state index is 10.8. The standard InChI is InChI=1S/C17H15ClINO2/c18-12-5-7(1-4-13(12)19)20-16(21)14-8-2-3-9(11-6-10(8)11)15(14)17(20)22/h1,4-5,8-11,21-22H,2-3,6H2/t8-,9+,10+,11-. The quantitative estimate of drug-likeness (QED) is 0.645. The van der Waals surface area contributed by atoms with Crippen LogP contribution in [0.4, 0.5) is 0 Å². The van der Waals surface area contributed by atoms with Crippen LogP contribution in [0.25, 0.3) is 5.69 Å². The van der Waals surface area contributed by atoms with Crippen LogP contribution >= 0.6 is 34.2 Å². The van der Waals surface area contributed by atoms with E-state index in [4.69, 9.17) is 11.6 Å². The van der Waals surface area contributed by atoms with Gasteiger partial charge in [0.25, 0.3) is 0 Å². The van der Waals surface area contributed by atoms with Gasteiger partial charge >= 0.3 is 0 Å². The summed E-state index contributed by atoms with van der Waals surface area (Å²) in [6, 6.07) is 5.60. The summed E-state index contributed by atoms with van der Waals surface area (Å²) in [5.74, 6) is 2.74. The highest BCUT2D eigenvalue weighted by Crippen LogP contribution is 2.70. The molecule has 2 fully saturated rings. The van der Waals surface area contributed by atoms with E-state index in [1.807, 2.05) is 12.1 Å². The van der Waals surface area contributed by atoms with Gasteiger partial charge in [0, 0.05) is 14.7 Å². The van der Waals surface area contributed by atoms with Gasteiger partial charge in [0.1, 0.15) is 0 Å². The van der Waals surface area contributed by atoms with Gasteiger partial charge in [0.2, 0.25) is 11.8 Å². The lowest BCUT2D eigenvalue weighted by Crippen LogP contribution is -2.22. The summed E-state index contributed by atoms with van der Waals surface area (Å²) >= 11 is 8.38. The van der Waals surface area contributed by atoms with Crippen molar-refractivity contribution in [1.29, 1.82) is 0 Å². The molecule has 5 heteroatoms. The monoisotopic (exact) mass is 427 g/mol. The van der Waals surface area contributed by atoms with Gasteiger partial charge in [-0.1, -0.05) is 11.6 Å². The highest BCUT2D eigenvalue weighted by Gasteiger charge is 2.58. The van der Waals surface area contributed by atoms with Crippen LogP contribution in [0.3, 0.4) is 0 Å². The fourth-order valence-corrected chi connectivity index (χ4v) is 5.36. The minimum atomic E-state index is 0.213. The molecule has 0 unspecified atom stereocenters. The van der Waals surface area contributed by atoms with E-state index in [2.05, 4.69) is 22.6 Å². The van der Waals surface area contributed by atoms with Crippen molar-refractivity contribution in [3.8, 4) is 17.4 Å². The Hall–Kier alpha value is -0.880. The second-order valence-electron chi connectivity index (χ2n) is 6.76. The first-order chi connectivity index (χ1) is 10.6. The largest absolute Gasteiger partial charge is 0.494 e. The lowest BCUT2D eigenvalue weighted by molar-refractivity contribution is 0.322. The predicted octanol–water partition coefficient (Wildman–Crippen LogP) is 4.76. The van der Waals surface area contributed by atoms with E-state index in [9.17, 15) is 10.2 Å². The molecule has 0 amide bonds. The number of nitrogens with zero attached hydrogens (tertiary/aromatic N) is 1. The van der Waals surface area contributed by atoms with E-state index in [1.54, 1.807) is 10.6 Å². The van der Waals surface area contributed by atoms with Crippen molar-refractivity contribution in [2.45, 2.75) is 31.1 Å². The normalized spacial score (nSPS) is 31.0. The maximum absolute atomic E-state index is 10.8. The molecule has 0 radical (unpaired) electrons. The number of hydrogen-bond acceptors (Lipinski definition) is 2. The second kappa shape index (κ2) is 4.35. The molecule has 0 saturated heterocycles. The summed E-state index contributed by atoms with van der Waals surface area (Å²) in [4.78, 5) is 0. The Morgan fingerprint density at radius 1 is 1.05 bits per heavy atom. The molecule has 0 spiro atoms. The van der Waals surface area contributed by atoms with Crippen LogP contribution in [-0.4, -0.2) is 14.8 Å². The summed E-state index contributed by atoms with van der Waals surface area (Å²) < 4.78 is 2.53. The molecular formula is C17H15ClINO2. The van der Waals surface area contributed by atoms with E-state index in [0.29, 0.717) is 16.9 Å². The Morgan fingerprint density at radius 2 is 1.64 bits per heavy atom. The third-order valence-corrected chi connectivity index (χ3v) is 7.38. The molecule has 6 rings (SSSR count). The summed E-state index contributed by atoms with van der Waals surface area (Å²) in [5, 5.41) is 22.2. The summed E-state index contributed by atoms with van der Waals surface area (Å²) in [6.07, 6.45) is 3.55. The van der Waals surface area contributed by atoms with Gasteiger partial charge in [-0.25, -0.2) is 0 Å². The fourth-order valence-electron chi connectivity index (χ4n) is 4.85. The lowest BCUT2D eigenvalue weighted by atomic mass is 9.68. The van der Waals surface area contributed by atoms with Crippen molar-refractivity contribution < 1.29 is 10.2 Å². The number of aromatic nitrogens is 1. The van der Waals surface area contributed by atoms with E-state index in [1.165, 1.54) is 6.42 Å². The molecule has 1 aromatic carbocycles. The van der Waals surface area contributed by atoms with Gasteiger partial charge in [-0.15, -0.1) is 0 Å². The number of hydrogen-bond donors (Lipinski definition) is 2. The molecular weight excluding hydrogens is 413 g/mol. The molecule has 4 aliphatic carbocycles. The summed E-state index contributed by atoms with van der Waals surface area (Å²) in [5.41, 5.74) is 2.73. The smallest absolute Gasteiger partial charge is 0.202 e. The third kappa shape index (κ3) is 1.58. The SMILES string of the molecule is Oc1c2c(c(O)n1-c1ccc(I)c(Cl)c1)[C@@H]1CC[C@H]2[C@H]2C[C@H]21. The first kappa shape index (κ1) is 13.5. The van der Waals surface area contributed by atoms with Gasteiger partial charge in [0.15, 0.2) is 0 Å². The lowest BCUT2D eigenvalue weighted by Gasteiger charge is -2.35. The van der Waals surface area contributed by atoms with Crippen LogP contribution in [0.1, 0.15) is 42.2 Å². The summed E-state index contributed by atoms with van der Waals surface area (Å²) in [6.45, 7) is 0. The molecule has 3 nitrogen and oxygen atoms in total. The van der Waals surface area contributed by atoms with Crippen molar-refractivity contribution >= 4 is 34.2 Å². The number of aromatic hydroxyl groups is 2. The van der Waals surface area contributed by atoms with Crippen molar-refractivity contribution in [3.05, 3.63) is 37.9 Å². The van der Waals surface area contributed by atoms with Crippen molar-refractivity contribution in [3.63, 3.8) is 0 Å².